The van der Waals surface area contributed by atoms with Gasteiger partial charge in [-0.1, -0.05) is 0 Å². The Morgan fingerprint density at radius 2 is 1.88 bits per heavy atom. The maximum atomic E-state index is 13.3. The number of ether oxygens (including phenoxy) is 1. The van der Waals surface area contributed by atoms with E-state index in [4.69, 9.17) is 17.0 Å². The molecule has 1 aliphatic rings. The van der Waals surface area contributed by atoms with Gasteiger partial charge in [-0.3, -0.25) is 20.2 Å². The number of nitrogens with one attached hydrogen (secondary N) is 2. The van der Waals surface area contributed by atoms with Gasteiger partial charge in [0.05, 0.1) is 28.5 Å². The molecule has 12 heteroatoms. The molecule has 8 nitrogen and oxygen atoms in total. The van der Waals surface area contributed by atoms with Crippen molar-refractivity contribution in [2.24, 2.45) is 0 Å². The van der Waals surface area contributed by atoms with Crippen LogP contribution < -0.4 is 20.3 Å². The summed E-state index contributed by atoms with van der Waals surface area (Å²) in [7, 11) is 0. The Kier molecular flexibility index (Phi) is 7.92. The van der Waals surface area contributed by atoms with Gasteiger partial charge in [-0.15, -0.1) is 0 Å². The predicted octanol–water partition coefficient (Wildman–Crippen LogP) is 5.13. The number of nitrogens with zero attached hydrogens (tertiary/aromatic N) is 2. The van der Waals surface area contributed by atoms with E-state index in [-0.39, 0.29) is 28.7 Å². The van der Waals surface area contributed by atoms with Crippen molar-refractivity contribution in [1.82, 2.24) is 5.32 Å². The standard InChI is InChI=1S/C22H23F3N4O4S/c1-2-33-19-9-6-14(12-18(19)29(31)32)20(30)27-21(34)26-16-13-15(22(23,24)25)7-8-17(16)28-10-4-3-5-11-28/h6-9,12-13H,2-5,10-11H2,1H3,(H2,26,27,30,34). The van der Waals surface area contributed by atoms with Crippen LogP contribution in [-0.2, 0) is 6.18 Å². The minimum Gasteiger partial charge on any atom is -0.487 e. The maximum Gasteiger partial charge on any atom is 0.416 e. The molecule has 2 aromatic carbocycles. The van der Waals surface area contributed by atoms with Gasteiger partial charge >= 0.3 is 11.9 Å². The third-order valence-corrected chi connectivity index (χ3v) is 5.42. The van der Waals surface area contributed by atoms with Crippen molar-refractivity contribution in [1.29, 1.82) is 0 Å². The van der Waals surface area contributed by atoms with Gasteiger partial charge in [0.2, 0.25) is 0 Å². The minimum absolute atomic E-state index is 0.0138. The Balaban J connectivity index is 1.81. The summed E-state index contributed by atoms with van der Waals surface area (Å²) in [4.78, 5) is 25.2. The number of benzene rings is 2. The monoisotopic (exact) mass is 496 g/mol. The lowest BCUT2D eigenvalue weighted by Crippen LogP contribution is -2.35. The van der Waals surface area contributed by atoms with Crippen LogP contribution in [0.25, 0.3) is 0 Å². The van der Waals surface area contributed by atoms with Crippen molar-refractivity contribution in [3.63, 3.8) is 0 Å². The molecule has 0 unspecified atom stereocenters. The van der Waals surface area contributed by atoms with E-state index in [9.17, 15) is 28.1 Å². The number of anilines is 2. The van der Waals surface area contributed by atoms with Crippen molar-refractivity contribution in [3.8, 4) is 5.75 Å². The quantitative estimate of drug-likeness (QED) is 0.325. The molecule has 34 heavy (non-hydrogen) atoms. The summed E-state index contributed by atoms with van der Waals surface area (Å²) >= 11 is 5.16. The highest BCUT2D eigenvalue weighted by atomic mass is 32.1. The zero-order valence-electron chi connectivity index (χ0n) is 18.3. The molecule has 1 heterocycles. The molecule has 0 radical (unpaired) electrons. The van der Waals surface area contributed by atoms with Crippen LogP contribution in [0.2, 0.25) is 0 Å². The van der Waals surface area contributed by atoms with Gasteiger partial charge in [0.15, 0.2) is 10.9 Å². The third kappa shape index (κ3) is 6.13. The summed E-state index contributed by atoms with van der Waals surface area (Å²) in [5.74, 6) is -0.741. The fourth-order valence-corrected chi connectivity index (χ4v) is 3.83. The Labute approximate surface area is 199 Å². The zero-order valence-corrected chi connectivity index (χ0v) is 19.1. The second-order valence-corrected chi connectivity index (χ2v) is 7.97. The number of halogens is 3. The van der Waals surface area contributed by atoms with Crippen LogP contribution in [0.3, 0.4) is 0 Å². The first kappa shape index (κ1) is 25.2. The van der Waals surface area contributed by atoms with E-state index in [1.807, 2.05) is 4.90 Å². The van der Waals surface area contributed by atoms with E-state index >= 15 is 0 Å². The topological polar surface area (TPSA) is 96.7 Å². The number of hydrogen-bond donors (Lipinski definition) is 2. The molecule has 2 N–H and O–H groups in total. The van der Waals surface area contributed by atoms with Crippen LogP contribution in [-0.4, -0.2) is 35.6 Å². The second-order valence-electron chi connectivity index (χ2n) is 7.56. The number of carbonyl (C=O) groups excluding carboxylic acids is 1. The van der Waals surface area contributed by atoms with Gasteiger partial charge in [0.25, 0.3) is 5.91 Å². The highest BCUT2D eigenvalue weighted by Gasteiger charge is 2.32. The number of piperidine rings is 1. The smallest absolute Gasteiger partial charge is 0.416 e. The first-order valence-corrected chi connectivity index (χ1v) is 11.0. The largest absolute Gasteiger partial charge is 0.487 e. The van der Waals surface area contributed by atoms with Gasteiger partial charge in [0.1, 0.15) is 0 Å². The molecule has 0 spiro atoms. The molecular weight excluding hydrogens is 473 g/mol. The van der Waals surface area contributed by atoms with E-state index in [0.29, 0.717) is 18.8 Å². The highest BCUT2D eigenvalue weighted by molar-refractivity contribution is 7.80. The Morgan fingerprint density at radius 1 is 1.18 bits per heavy atom. The summed E-state index contributed by atoms with van der Waals surface area (Å²) in [5.41, 5.74) is -0.647. The Bertz CT molecular complexity index is 1090. The molecule has 1 saturated heterocycles. The zero-order chi connectivity index (χ0) is 24.9. The van der Waals surface area contributed by atoms with Crippen LogP contribution >= 0.6 is 12.2 Å². The summed E-state index contributed by atoms with van der Waals surface area (Å²) in [6, 6.07) is 7.02. The van der Waals surface area contributed by atoms with Crippen LogP contribution in [0.4, 0.5) is 30.2 Å². The molecule has 0 aromatic heterocycles. The number of carbonyl (C=O) groups is 1. The molecule has 182 valence electrons. The van der Waals surface area contributed by atoms with Gasteiger partial charge in [0, 0.05) is 24.7 Å². The number of nitro benzene ring substituents is 1. The maximum absolute atomic E-state index is 13.3. The lowest BCUT2D eigenvalue weighted by atomic mass is 10.1. The Morgan fingerprint density at radius 3 is 2.50 bits per heavy atom. The Hall–Kier alpha value is -3.41. The third-order valence-electron chi connectivity index (χ3n) is 5.21. The fourth-order valence-electron chi connectivity index (χ4n) is 3.63. The van der Waals surface area contributed by atoms with E-state index in [2.05, 4.69) is 10.6 Å². The molecular formula is C22H23F3N4O4S. The van der Waals surface area contributed by atoms with Crippen LogP contribution in [0, 0.1) is 10.1 Å². The van der Waals surface area contributed by atoms with E-state index in [0.717, 1.165) is 37.5 Å². The fraction of sp³-hybridized carbons (Fsp3) is 0.364. The first-order valence-electron chi connectivity index (χ1n) is 10.6. The number of alkyl halides is 3. The molecule has 1 aliphatic heterocycles. The summed E-state index contributed by atoms with van der Waals surface area (Å²) in [5, 5.41) is 16.1. The lowest BCUT2D eigenvalue weighted by Gasteiger charge is -2.31. The van der Waals surface area contributed by atoms with Gasteiger partial charge < -0.3 is 15.0 Å². The van der Waals surface area contributed by atoms with E-state index in [1.165, 1.54) is 18.2 Å². The average molecular weight is 497 g/mol. The van der Waals surface area contributed by atoms with Gasteiger partial charge in [-0.2, -0.15) is 13.2 Å². The summed E-state index contributed by atoms with van der Waals surface area (Å²) < 4.78 is 45.1. The van der Waals surface area contributed by atoms with Gasteiger partial charge in [-0.25, -0.2) is 0 Å². The SMILES string of the molecule is CCOc1ccc(C(=O)NC(=S)Nc2cc(C(F)(F)F)ccc2N2CCCCC2)cc1[N+](=O)[O-]. The first-order chi connectivity index (χ1) is 16.1. The van der Waals surface area contributed by atoms with Crippen molar-refractivity contribution < 1.29 is 27.6 Å². The predicted molar refractivity (Wildman–Crippen MR) is 125 cm³/mol. The normalized spacial score (nSPS) is 13.8. The minimum atomic E-state index is -4.55. The van der Waals surface area contributed by atoms with Crippen molar-refractivity contribution in [3.05, 3.63) is 57.6 Å². The van der Waals surface area contributed by atoms with Crippen LogP contribution in [0.1, 0.15) is 42.1 Å². The number of nitro groups is 1. The lowest BCUT2D eigenvalue weighted by molar-refractivity contribution is -0.385. The molecule has 0 aliphatic carbocycles. The van der Waals surface area contributed by atoms with Crippen molar-refractivity contribution in [2.75, 3.05) is 29.9 Å². The molecule has 2 aromatic rings. The van der Waals surface area contributed by atoms with E-state index in [1.54, 1.807) is 6.92 Å². The second kappa shape index (κ2) is 10.7. The number of amides is 1. The molecule has 0 bridgehead atoms. The van der Waals surface area contributed by atoms with Crippen molar-refractivity contribution in [2.45, 2.75) is 32.4 Å². The van der Waals surface area contributed by atoms with Crippen molar-refractivity contribution >= 4 is 40.3 Å². The highest BCUT2D eigenvalue weighted by Crippen LogP contribution is 2.36. The average Bonchev–Trinajstić information content (AvgIpc) is 2.79. The van der Waals surface area contributed by atoms with E-state index < -0.39 is 28.3 Å². The number of thiocarbonyl (C=S) groups is 1. The van der Waals surface area contributed by atoms with Crippen LogP contribution in [0.15, 0.2) is 36.4 Å². The molecule has 0 saturated carbocycles. The molecule has 0 atom stereocenters. The molecule has 1 fully saturated rings. The number of hydrogen-bond acceptors (Lipinski definition) is 6. The van der Waals surface area contributed by atoms with Crippen LogP contribution in [0.5, 0.6) is 5.75 Å². The molecule has 1 amide bonds. The number of rotatable bonds is 6. The summed E-state index contributed by atoms with van der Waals surface area (Å²) in [6.07, 6.45) is -1.68. The summed E-state index contributed by atoms with van der Waals surface area (Å²) in [6.45, 7) is 3.25. The molecule has 3 rings (SSSR count). The van der Waals surface area contributed by atoms with Gasteiger partial charge in [-0.05, 0) is 68.7 Å².